The minimum absolute atomic E-state index is 0.0521. The maximum absolute atomic E-state index is 12.0. The lowest BCUT2D eigenvalue weighted by atomic mass is 9.97. The summed E-state index contributed by atoms with van der Waals surface area (Å²) < 4.78 is 26.5. The molecule has 0 radical (unpaired) electrons. The number of rotatable bonds is 5. The predicted molar refractivity (Wildman–Crippen MR) is 74.8 cm³/mol. The molecule has 0 saturated carbocycles. The summed E-state index contributed by atoms with van der Waals surface area (Å²) in [5.74, 6) is -0.0149. The smallest absolute Gasteiger partial charge is 0.281 e. The molecule has 1 aliphatic rings. The van der Waals surface area contributed by atoms with Gasteiger partial charge in [-0.15, -0.1) is 0 Å². The molecule has 1 heterocycles. The Hall–Kier alpha value is -0.660. The molecule has 7 heteroatoms. The van der Waals surface area contributed by atoms with E-state index in [1.165, 1.54) is 22.7 Å². The number of amides is 1. The van der Waals surface area contributed by atoms with Crippen molar-refractivity contribution in [3.8, 4) is 0 Å². The molecular weight excluding hydrogens is 266 g/mol. The Morgan fingerprint density at radius 1 is 1.37 bits per heavy atom. The fourth-order valence-electron chi connectivity index (χ4n) is 2.04. The zero-order chi connectivity index (χ0) is 14.6. The van der Waals surface area contributed by atoms with Gasteiger partial charge in [-0.2, -0.15) is 17.0 Å². The van der Waals surface area contributed by atoms with Gasteiger partial charge in [-0.05, 0) is 26.2 Å². The van der Waals surface area contributed by atoms with Crippen molar-refractivity contribution in [3.63, 3.8) is 0 Å². The molecule has 0 aromatic heterocycles. The Kier molecular flexibility index (Phi) is 5.76. The number of nitrogens with zero attached hydrogens (tertiary/aromatic N) is 2. The topological polar surface area (TPSA) is 69.7 Å². The molecule has 0 bridgehead atoms. The van der Waals surface area contributed by atoms with Crippen molar-refractivity contribution in [2.24, 2.45) is 5.92 Å². The molecule has 1 fully saturated rings. The largest absolute Gasteiger partial charge is 0.353 e. The summed E-state index contributed by atoms with van der Waals surface area (Å²) in [6, 6.07) is 0.177. The summed E-state index contributed by atoms with van der Waals surface area (Å²) in [6.07, 6.45) is 2.09. The van der Waals surface area contributed by atoms with Crippen LogP contribution in [0.4, 0.5) is 0 Å². The van der Waals surface area contributed by atoms with Gasteiger partial charge in [0.1, 0.15) is 0 Å². The molecule has 112 valence electrons. The highest BCUT2D eigenvalue weighted by molar-refractivity contribution is 7.86. The molecule has 1 rings (SSSR count). The number of carbonyl (C=O) groups is 1. The van der Waals surface area contributed by atoms with Crippen molar-refractivity contribution >= 4 is 16.1 Å². The van der Waals surface area contributed by atoms with E-state index in [2.05, 4.69) is 5.32 Å². The fraction of sp³-hybridized carbons (Fsp3) is 0.917. The normalized spacial score (nSPS) is 20.5. The number of piperidine rings is 1. The SMILES string of the molecule is CC[C@@H](C)NC(=O)C1CCN(S(=O)(=O)N(C)C)CC1. The Bertz CT molecular complexity index is 400. The van der Waals surface area contributed by atoms with Gasteiger partial charge in [-0.25, -0.2) is 0 Å². The molecule has 1 atom stereocenters. The molecule has 0 aromatic carbocycles. The predicted octanol–water partition coefficient (Wildman–Crippen LogP) is 0.420. The third-order valence-corrected chi connectivity index (χ3v) is 5.55. The fourth-order valence-corrected chi connectivity index (χ4v) is 3.18. The van der Waals surface area contributed by atoms with Gasteiger partial charge in [0.25, 0.3) is 10.2 Å². The van der Waals surface area contributed by atoms with Crippen LogP contribution in [0.15, 0.2) is 0 Å². The molecule has 1 N–H and O–H groups in total. The van der Waals surface area contributed by atoms with E-state index in [0.29, 0.717) is 25.9 Å². The van der Waals surface area contributed by atoms with E-state index in [9.17, 15) is 13.2 Å². The van der Waals surface area contributed by atoms with E-state index in [4.69, 9.17) is 0 Å². The van der Waals surface area contributed by atoms with Crippen molar-refractivity contribution in [1.82, 2.24) is 13.9 Å². The van der Waals surface area contributed by atoms with Gasteiger partial charge in [-0.3, -0.25) is 4.79 Å². The average Bonchev–Trinajstić information content (AvgIpc) is 2.38. The molecule has 0 spiro atoms. The van der Waals surface area contributed by atoms with Crippen molar-refractivity contribution in [2.75, 3.05) is 27.2 Å². The zero-order valence-electron chi connectivity index (χ0n) is 12.2. The second kappa shape index (κ2) is 6.67. The van der Waals surface area contributed by atoms with Crippen LogP contribution in [0.2, 0.25) is 0 Å². The van der Waals surface area contributed by atoms with Crippen LogP contribution in [-0.4, -0.2) is 56.2 Å². The lowest BCUT2D eigenvalue weighted by molar-refractivity contribution is -0.126. The van der Waals surface area contributed by atoms with Crippen LogP contribution in [0, 0.1) is 5.92 Å². The van der Waals surface area contributed by atoms with Crippen molar-refractivity contribution in [3.05, 3.63) is 0 Å². The number of hydrogen-bond donors (Lipinski definition) is 1. The first-order chi connectivity index (χ1) is 8.78. The van der Waals surface area contributed by atoms with Crippen LogP contribution in [0.25, 0.3) is 0 Å². The van der Waals surface area contributed by atoms with Gasteiger partial charge in [0.2, 0.25) is 5.91 Å². The van der Waals surface area contributed by atoms with E-state index in [0.717, 1.165) is 6.42 Å². The Balaban J connectivity index is 2.52. The minimum atomic E-state index is -3.34. The van der Waals surface area contributed by atoms with Crippen LogP contribution < -0.4 is 5.32 Å². The van der Waals surface area contributed by atoms with E-state index in [-0.39, 0.29) is 17.9 Å². The van der Waals surface area contributed by atoms with Crippen LogP contribution in [0.1, 0.15) is 33.1 Å². The highest BCUT2D eigenvalue weighted by Gasteiger charge is 2.32. The molecule has 0 aromatic rings. The maximum atomic E-state index is 12.0. The third kappa shape index (κ3) is 4.15. The highest BCUT2D eigenvalue weighted by Crippen LogP contribution is 2.20. The Morgan fingerprint density at radius 3 is 2.32 bits per heavy atom. The van der Waals surface area contributed by atoms with E-state index in [1.807, 2.05) is 13.8 Å². The number of carbonyl (C=O) groups excluding carboxylic acids is 1. The quantitative estimate of drug-likeness (QED) is 0.798. The highest BCUT2D eigenvalue weighted by atomic mass is 32.2. The second-order valence-corrected chi connectivity index (χ2v) is 7.42. The van der Waals surface area contributed by atoms with Gasteiger partial charge in [0.15, 0.2) is 0 Å². The summed E-state index contributed by atoms with van der Waals surface area (Å²) in [5, 5.41) is 2.96. The molecule has 0 unspecified atom stereocenters. The van der Waals surface area contributed by atoms with Crippen molar-refractivity contribution < 1.29 is 13.2 Å². The first-order valence-corrected chi connectivity index (χ1v) is 8.16. The lowest BCUT2D eigenvalue weighted by Crippen LogP contribution is -2.47. The molecule has 6 nitrogen and oxygen atoms in total. The summed E-state index contributed by atoms with van der Waals surface area (Å²) in [4.78, 5) is 12.0. The standard InChI is InChI=1S/C12H25N3O3S/c1-5-10(2)13-12(16)11-6-8-15(9-7-11)19(17,18)14(3)4/h10-11H,5-9H2,1-4H3,(H,13,16)/t10-/m1/s1. The molecule has 19 heavy (non-hydrogen) atoms. The van der Waals surface area contributed by atoms with Crippen molar-refractivity contribution in [1.29, 1.82) is 0 Å². The maximum Gasteiger partial charge on any atom is 0.281 e. The van der Waals surface area contributed by atoms with Crippen LogP contribution in [0.3, 0.4) is 0 Å². The number of hydrogen-bond acceptors (Lipinski definition) is 3. The van der Waals surface area contributed by atoms with Gasteiger partial charge in [-0.1, -0.05) is 6.92 Å². The Labute approximate surface area is 116 Å². The summed E-state index contributed by atoms with van der Waals surface area (Å²) in [6.45, 7) is 4.83. The van der Waals surface area contributed by atoms with Gasteiger partial charge < -0.3 is 5.32 Å². The molecular formula is C12H25N3O3S. The summed E-state index contributed by atoms with van der Waals surface area (Å²) in [7, 11) is -0.292. The van der Waals surface area contributed by atoms with E-state index < -0.39 is 10.2 Å². The summed E-state index contributed by atoms with van der Waals surface area (Å²) in [5.41, 5.74) is 0. The lowest BCUT2D eigenvalue weighted by Gasteiger charge is -2.32. The van der Waals surface area contributed by atoms with Gasteiger partial charge in [0.05, 0.1) is 0 Å². The van der Waals surface area contributed by atoms with E-state index in [1.54, 1.807) is 0 Å². The molecule has 1 saturated heterocycles. The zero-order valence-corrected chi connectivity index (χ0v) is 13.0. The first-order valence-electron chi connectivity index (χ1n) is 6.77. The van der Waals surface area contributed by atoms with Crippen molar-refractivity contribution in [2.45, 2.75) is 39.2 Å². The molecule has 0 aliphatic carbocycles. The molecule has 1 aliphatic heterocycles. The number of nitrogens with one attached hydrogen (secondary N) is 1. The minimum Gasteiger partial charge on any atom is -0.353 e. The van der Waals surface area contributed by atoms with Crippen LogP contribution in [0.5, 0.6) is 0 Å². The van der Waals surface area contributed by atoms with Gasteiger partial charge in [0, 0.05) is 39.1 Å². The molecule has 1 amide bonds. The van der Waals surface area contributed by atoms with Gasteiger partial charge >= 0.3 is 0 Å². The third-order valence-electron chi connectivity index (χ3n) is 3.61. The average molecular weight is 291 g/mol. The van der Waals surface area contributed by atoms with E-state index >= 15 is 0 Å². The Morgan fingerprint density at radius 2 is 1.89 bits per heavy atom. The second-order valence-electron chi connectivity index (χ2n) is 5.28. The van der Waals surface area contributed by atoms with Crippen LogP contribution >= 0.6 is 0 Å². The first kappa shape index (κ1) is 16.4. The summed E-state index contributed by atoms with van der Waals surface area (Å²) >= 11 is 0. The van der Waals surface area contributed by atoms with Crippen LogP contribution in [-0.2, 0) is 15.0 Å². The monoisotopic (exact) mass is 291 g/mol.